The number of halogens is 2. The van der Waals surface area contributed by atoms with E-state index in [1.54, 1.807) is 23.8 Å². The number of aryl methyl sites for hydroxylation is 2. The predicted octanol–water partition coefficient (Wildman–Crippen LogP) is 19.0. The van der Waals surface area contributed by atoms with Gasteiger partial charge in [0, 0.05) is 53.8 Å². The minimum absolute atomic E-state index is 0.00476. The Morgan fingerprint density at radius 3 is 2.03 bits per heavy atom. The summed E-state index contributed by atoms with van der Waals surface area (Å²) in [6.07, 6.45) is 13.4. The minimum atomic E-state index is -0.194. The van der Waals surface area contributed by atoms with Crippen LogP contribution >= 0.6 is 11.6 Å². The van der Waals surface area contributed by atoms with Gasteiger partial charge in [-0.05, 0) is 273 Å². The summed E-state index contributed by atoms with van der Waals surface area (Å²) in [6, 6.07) is 68.3. The van der Waals surface area contributed by atoms with E-state index in [0.29, 0.717) is 49.1 Å². The van der Waals surface area contributed by atoms with E-state index in [1.807, 2.05) is 91.0 Å². The number of aromatic hydroxyl groups is 3. The number of phenols is 3. The van der Waals surface area contributed by atoms with Gasteiger partial charge in [-0.25, -0.2) is 4.39 Å². The lowest BCUT2D eigenvalue weighted by Crippen LogP contribution is -2.38. The van der Waals surface area contributed by atoms with Gasteiger partial charge in [-0.1, -0.05) is 128 Å². The first kappa shape index (κ1) is 74.7. The SMILES string of the molecule is C[C@]12CCC3=C(CCc4cc(O)ccc43)C1CC[C@@H]2O.Cc1c(-c2ccc(O)cc2)n(Cc2ccc(OCCN3CCCCCC3)cc2)c2ccc(O)cc12.Fc1ccc([C@@H]2CCNC[C@H]2COc2ccc3c(c2)OCO3)cc1.OCCOc1ccc(/C(=C(/CCCl)c2ccccc2)c2ccccc2)cc1. The Morgan fingerprint density at radius 1 is 0.642 bits per heavy atom. The number of rotatable bonds is 19. The molecule has 3 aliphatic carbocycles. The first-order valence-corrected chi connectivity index (χ1v) is 38.3. The molecule has 13 nitrogen and oxygen atoms in total. The molecular weight excluding hydrogens is 1350 g/mol. The summed E-state index contributed by atoms with van der Waals surface area (Å²) in [6.45, 7) is 12.2. The van der Waals surface area contributed by atoms with Crippen molar-refractivity contribution in [3.8, 4) is 57.3 Å². The predicted molar refractivity (Wildman–Crippen MR) is 422 cm³/mol. The summed E-state index contributed by atoms with van der Waals surface area (Å²) in [7, 11) is 0. The fraction of sp³-hybridized carbons (Fsp3) is 0.341. The van der Waals surface area contributed by atoms with Gasteiger partial charge in [0.2, 0.25) is 6.79 Å². The van der Waals surface area contributed by atoms with Gasteiger partial charge in [-0.15, -0.1) is 11.6 Å². The van der Waals surface area contributed by atoms with Crippen molar-refractivity contribution in [3.63, 3.8) is 0 Å². The Hall–Kier alpha value is -9.54. The molecule has 5 atom stereocenters. The molecule has 552 valence electrons. The van der Waals surface area contributed by atoms with Crippen LogP contribution in [0.4, 0.5) is 4.39 Å². The summed E-state index contributed by atoms with van der Waals surface area (Å²) in [4.78, 5) is 2.52. The van der Waals surface area contributed by atoms with Crippen LogP contribution in [-0.4, -0.2) is 113 Å². The number of phenolic OH excluding ortho intramolecular Hbond substituents is 3. The van der Waals surface area contributed by atoms with Crippen LogP contribution in [0.15, 0.2) is 218 Å². The number of aliphatic hydroxyl groups is 2. The van der Waals surface area contributed by atoms with Crippen molar-refractivity contribution in [2.45, 2.75) is 109 Å². The monoisotopic (exact) mass is 1450 g/mol. The molecule has 4 heterocycles. The molecule has 9 aromatic carbocycles. The number of fused-ring (bicyclic) bond motifs is 6. The van der Waals surface area contributed by atoms with Crippen molar-refractivity contribution in [2.24, 2.45) is 17.3 Å². The molecular formula is C91H99ClFN3O10. The Morgan fingerprint density at radius 2 is 1.30 bits per heavy atom. The van der Waals surface area contributed by atoms with Crippen molar-refractivity contribution in [1.29, 1.82) is 0 Å². The molecule has 0 amide bonds. The Balaban J connectivity index is 0.000000128. The number of allylic oxidation sites excluding steroid dienone is 3. The van der Waals surface area contributed by atoms with E-state index < -0.39 is 0 Å². The maximum Gasteiger partial charge on any atom is 0.231 e. The van der Waals surface area contributed by atoms with E-state index >= 15 is 0 Å². The summed E-state index contributed by atoms with van der Waals surface area (Å²) in [5.41, 5.74) is 18.4. The van der Waals surface area contributed by atoms with Crippen molar-refractivity contribution in [1.82, 2.24) is 14.8 Å². The molecule has 6 aliphatic rings. The lowest BCUT2D eigenvalue weighted by Gasteiger charge is -2.43. The number of hydrogen-bond donors (Lipinski definition) is 6. The number of nitrogens with one attached hydrogen (secondary N) is 1. The molecule has 106 heavy (non-hydrogen) atoms. The second-order valence-corrected chi connectivity index (χ2v) is 29.3. The van der Waals surface area contributed by atoms with Crippen LogP contribution in [0.25, 0.3) is 38.9 Å². The lowest BCUT2D eigenvalue weighted by molar-refractivity contribution is 0.0379. The number of hydrogen-bond acceptors (Lipinski definition) is 12. The molecule has 16 rings (SSSR count). The maximum atomic E-state index is 13.2. The number of likely N-dealkylation sites (tertiary alicyclic amines) is 1. The average molecular weight is 1450 g/mol. The zero-order valence-electron chi connectivity index (χ0n) is 60.9. The highest BCUT2D eigenvalue weighted by Gasteiger charge is 2.50. The first-order chi connectivity index (χ1) is 51.8. The summed E-state index contributed by atoms with van der Waals surface area (Å²) in [5.74, 6) is 6.45. The highest BCUT2D eigenvalue weighted by atomic mass is 35.5. The van der Waals surface area contributed by atoms with Gasteiger partial charge in [0.05, 0.1) is 25.0 Å². The van der Waals surface area contributed by atoms with Crippen LogP contribution in [0.2, 0.25) is 0 Å². The quantitative estimate of drug-likeness (QED) is 0.0335. The smallest absolute Gasteiger partial charge is 0.231 e. The van der Waals surface area contributed by atoms with Crippen LogP contribution in [-0.2, 0) is 13.0 Å². The summed E-state index contributed by atoms with van der Waals surface area (Å²) < 4.78 is 43.7. The number of benzene rings is 9. The zero-order valence-corrected chi connectivity index (χ0v) is 61.7. The fourth-order valence-corrected chi connectivity index (χ4v) is 16.8. The number of piperidine rings is 1. The Kier molecular flexibility index (Phi) is 25.2. The van der Waals surface area contributed by atoms with Gasteiger partial charge < -0.3 is 59.1 Å². The summed E-state index contributed by atoms with van der Waals surface area (Å²) >= 11 is 6.17. The molecule has 0 bridgehead atoms. The topological polar surface area (TPSA) is 167 Å². The third kappa shape index (κ3) is 18.1. The number of nitrogens with zero attached hydrogens (tertiary/aromatic N) is 2. The van der Waals surface area contributed by atoms with Crippen molar-refractivity contribution in [2.75, 3.05) is 71.8 Å². The molecule has 3 fully saturated rings. The second kappa shape index (κ2) is 35.7. The van der Waals surface area contributed by atoms with Gasteiger partial charge in [0.15, 0.2) is 11.5 Å². The lowest BCUT2D eigenvalue weighted by atomic mass is 9.62. The molecule has 1 unspecified atom stereocenters. The third-order valence-corrected chi connectivity index (χ3v) is 22.4. The van der Waals surface area contributed by atoms with E-state index in [-0.39, 0.29) is 42.2 Å². The number of ether oxygens (including phenoxy) is 5. The van der Waals surface area contributed by atoms with Gasteiger partial charge in [-0.3, -0.25) is 4.90 Å². The molecule has 3 aliphatic heterocycles. The average Bonchev–Trinajstić information content (AvgIpc) is 1.50. The van der Waals surface area contributed by atoms with E-state index in [4.69, 9.17) is 40.4 Å². The first-order valence-electron chi connectivity index (χ1n) is 37.8. The molecule has 6 N–H and O–H groups in total. The van der Waals surface area contributed by atoms with Gasteiger partial charge in [-0.2, -0.15) is 0 Å². The molecule has 15 heteroatoms. The second-order valence-electron chi connectivity index (χ2n) is 28.9. The number of alkyl halides is 1. The third-order valence-electron chi connectivity index (χ3n) is 22.2. The Bertz CT molecular complexity index is 4580. The normalized spacial score (nSPS) is 19.6. The number of aromatic nitrogens is 1. The van der Waals surface area contributed by atoms with Crippen molar-refractivity contribution < 1.29 is 53.6 Å². The Labute approximate surface area is 628 Å². The van der Waals surface area contributed by atoms with Crippen LogP contribution in [0.3, 0.4) is 0 Å². The standard InChI is InChI=1S/C30H34N2O3.C24H23ClO2.C19H20FNO3.C18H22O2/c1-22-28-20-26(34)12-15-29(28)32(30(22)24-8-10-25(33)11-9-24)21-23-6-13-27(14-7-23)35-19-18-31-16-4-2-3-5-17-31;25-16-15-23(19-7-3-1-4-8-19)24(20-9-5-2-6-10-20)21-11-13-22(14-12-21)27-18-17-26;20-15-3-1-13(2-4-15)17-7-8-21-10-14(17)11-22-16-5-6-18-19(9-16)24-12-23-18;1-18-9-8-14-13-5-3-12(19)10-11(13)2-4-15(14)16(18)6-7-17(18)20/h6-15,20,33-34H,2-5,16-19,21H2,1H3;1-14,26H,15-18H2;1-6,9,14,17,21H,7-8,10-12H2;3,5,10,16-17,19-20H,2,4,6-9H2,1H3/b;24-23-;;/t;;14-,17-;16?,17-,18-/m..00/s1. The minimum Gasteiger partial charge on any atom is -0.508 e. The number of aliphatic hydroxyl groups excluding tert-OH is 2. The van der Waals surface area contributed by atoms with E-state index in [0.717, 1.165) is 145 Å². The molecule has 2 saturated heterocycles. The van der Waals surface area contributed by atoms with Crippen LogP contribution in [0.1, 0.15) is 128 Å². The van der Waals surface area contributed by atoms with Crippen LogP contribution in [0.5, 0.6) is 46.0 Å². The van der Waals surface area contributed by atoms with Gasteiger partial charge in [0.25, 0.3) is 0 Å². The highest BCUT2D eigenvalue weighted by molar-refractivity contribution is 6.18. The molecule has 0 spiro atoms. The largest absolute Gasteiger partial charge is 0.508 e. The maximum absolute atomic E-state index is 13.2. The fourth-order valence-electron chi connectivity index (χ4n) is 16.6. The van der Waals surface area contributed by atoms with Gasteiger partial charge in [0.1, 0.15) is 53.5 Å². The highest BCUT2D eigenvalue weighted by Crippen LogP contribution is 2.58. The molecule has 0 radical (unpaired) electrons. The van der Waals surface area contributed by atoms with Gasteiger partial charge >= 0.3 is 0 Å². The molecule has 10 aromatic rings. The summed E-state index contributed by atoms with van der Waals surface area (Å²) in [5, 5.41) is 53.3. The van der Waals surface area contributed by atoms with E-state index in [1.165, 1.54) is 95.4 Å². The zero-order chi connectivity index (χ0) is 73.4. The van der Waals surface area contributed by atoms with Crippen molar-refractivity contribution >= 4 is 39.2 Å². The van der Waals surface area contributed by atoms with E-state index in [2.05, 4.69) is 120 Å². The van der Waals surface area contributed by atoms with Crippen LogP contribution in [0, 0.1) is 30.0 Å². The van der Waals surface area contributed by atoms with Crippen molar-refractivity contribution in [3.05, 3.63) is 268 Å². The molecule has 1 aromatic heterocycles. The van der Waals surface area contributed by atoms with Crippen LogP contribution < -0.4 is 29.0 Å². The molecule has 1 saturated carbocycles. The van der Waals surface area contributed by atoms with E-state index in [9.17, 15) is 24.8 Å².